The minimum atomic E-state index is -1.01. The summed E-state index contributed by atoms with van der Waals surface area (Å²) in [7, 11) is 0. The van der Waals surface area contributed by atoms with E-state index in [1.807, 2.05) is 30.4 Å². The van der Waals surface area contributed by atoms with E-state index < -0.39 is 5.97 Å². The molecule has 1 atom stereocenters. The van der Waals surface area contributed by atoms with Gasteiger partial charge in [0.15, 0.2) is 0 Å². The summed E-state index contributed by atoms with van der Waals surface area (Å²) in [6.07, 6.45) is 27.1. The van der Waals surface area contributed by atoms with Crippen LogP contribution in [0, 0.1) is 0 Å². The van der Waals surface area contributed by atoms with Gasteiger partial charge in [0, 0.05) is 5.97 Å². The molecule has 0 aromatic rings. The lowest BCUT2D eigenvalue weighted by molar-refractivity contribution is -0.305. The Kier molecular flexibility index (Phi) is 18.0. The summed E-state index contributed by atoms with van der Waals surface area (Å²) in [4.78, 5) is 14.7. The molecule has 0 amide bonds. The van der Waals surface area contributed by atoms with E-state index in [9.17, 15) is 9.90 Å². The van der Waals surface area contributed by atoms with Gasteiger partial charge in [-0.1, -0.05) is 86.9 Å². The summed E-state index contributed by atoms with van der Waals surface area (Å²) < 4.78 is 0. The van der Waals surface area contributed by atoms with Gasteiger partial charge in [0.1, 0.15) is 6.10 Å². The Morgan fingerprint density at radius 1 is 0.962 bits per heavy atom. The first-order chi connectivity index (χ1) is 12.7. The van der Waals surface area contributed by atoms with E-state index >= 15 is 0 Å². The summed E-state index contributed by atoms with van der Waals surface area (Å²) in [5.41, 5.74) is 0. The van der Waals surface area contributed by atoms with Crippen LogP contribution in [0.5, 0.6) is 0 Å². The van der Waals surface area contributed by atoms with Gasteiger partial charge >= 0.3 is 0 Å². The van der Waals surface area contributed by atoms with Crippen LogP contribution in [0.3, 0.4) is 0 Å². The predicted molar refractivity (Wildman–Crippen MR) is 105 cm³/mol. The molecule has 146 valence electrons. The van der Waals surface area contributed by atoms with E-state index in [4.69, 9.17) is 5.26 Å². The normalized spacial score (nSPS) is 13.9. The molecule has 0 aliphatic rings. The van der Waals surface area contributed by atoms with Crippen LogP contribution in [0.25, 0.3) is 0 Å². The summed E-state index contributed by atoms with van der Waals surface area (Å²) in [6.45, 7) is 2.15. The van der Waals surface area contributed by atoms with E-state index in [1.54, 1.807) is 0 Å². The van der Waals surface area contributed by atoms with Gasteiger partial charge in [-0.05, 0) is 38.5 Å². The molecule has 0 aromatic heterocycles. The third-order valence-electron chi connectivity index (χ3n) is 3.63. The maximum atomic E-state index is 10.2. The molecule has 4 nitrogen and oxygen atoms in total. The second kappa shape index (κ2) is 19.4. The Bertz CT molecular complexity index is 473. The molecule has 0 saturated carbocycles. The SMILES string of the molecule is CCCCC[C@@H](/C=C/C=C\C/C=C\C/C=C\C/C=C\CCC(=O)[O-])OO. The maximum absolute atomic E-state index is 10.2. The molecule has 4 heteroatoms. The molecule has 0 aromatic carbocycles. The van der Waals surface area contributed by atoms with Crippen molar-refractivity contribution in [3.05, 3.63) is 60.8 Å². The van der Waals surface area contributed by atoms with Gasteiger partial charge < -0.3 is 9.90 Å². The van der Waals surface area contributed by atoms with E-state index in [0.717, 1.165) is 44.9 Å². The molecule has 0 aliphatic heterocycles. The number of carbonyl (C=O) groups is 1. The minimum Gasteiger partial charge on any atom is -0.550 e. The second-order valence-corrected chi connectivity index (χ2v) is 5.98. The zero-order valence-electron chi connectivity index (χ0n) is 15.9. The van der Waals surface area contributed by atoms with Gasteiger partial charge in [0.2, 0.25) is 0 Å². The highest BCUT2D eigenvalue weighted by molar-refractivity contribution is 5.64. The molecule has 0 heterocycles. The smallest absolute Gasteiger partial charge is 0.111 e. The standard InChI is InChI=1S/C22H34O4/c1-2-3-15-18-21(26-25)19-16-13-11-9-7-5-4-6-8-10-12-14-17-20-22(23)24/h5-8,11-14,16,19,21,25H,2-4,9-10,15,17-18,20H2,1H3,(H,23,24)/p-1/b7-5-,8-6-,13-11-,14-12-,19-16+/t21-/m0/s1. The first-order valence-electron chi connectivity index (χ1n) is 9.49. The number of aliphatic carboxylic acids is 1. The first-order valence-corrected chi connectivity index (χ1v) is 9.49. The van der Waals surface area contributed by atoms with Crippen molar-refractivity contribution in [2.75, 3.05) is 0 Å². The van der Waals surface area contributed by atoms with Crippen molar-refractivity contribution >= 4 is 5.97 Å². The van der Waals surface area contributed by atoms with E-state index in [-0.39, 0.29) is 12.5 Å². The topological polar surface area (TPSA) is 69.6 Å². The monoisotopic (exact) mass is 361 g/mol. The molecule has 0 saturated heterocycles. The molecule has 0 radical (unpaired) electrons. The molecule has 0 unspecified atom stereocenters. The minimum absolute atomic E-state index is 0.0815. The van der Waals surface area contributed by atoms with Crippen LogP contribution < -0.4 is 5.11 Å². The fraction of sp³-hybridized carbons (Fsp3) is 0.500. The number of carboxylic acid groups (broad SMARTS) is 1. The second-order valence-electron chi connectivity index (χ2n) is 5.98. The Morgan fingerprint density at radius 3 is 2.15 bits per heavy atom. The zero-order chi connectivity index (χ0) is 19.3. The number of allylic oxidation sites excluding steroid dienone is 9. The van der Waals surface area contributed by atoms with E-state index in [2.05, 4.69) is 42.2 Å². The van der Waals surface area contributed by atoms with Crippen LogP contribution in [0.1, 0.15) is 64.7 Å². The Morgan fingerprint density at radius 2 is 1.58 bits per heavy atom. The highest BCUT2D eigenvalue weighted by atomic mass is 17.1. The molecule has 0 aliphatic carbocycles. The van der Waals surface area contributed by atoms with Gasteiger partial charge in [-0.15, -0.1) is 0 Å². The Labute approximate surface area is 158 Å². The average molecular weight is 362 g/mol. The first kappa shape index (κ1) is 24.1. The largest absolute Gasteiger partial charge is 0.550 e. The summed E-state index contributed by atoms with van der Waals surface area (Å²) in [6, 6.07) is 0. The number of unbranched alkanes of at least 4 members (excludes halogenated alkanes) is 2. The fourth-order valence-electron chi connectivity index (χ4n) is 2.16. The molecule has 0 rings (SSSR count). The van der Waals surface area contributed by atoms with E-state index in [1.165, 1.54) is 0 Å². The van der Waals surface area contributed by atoms with Crippen molar-refractivity contribution in [3.8, 4) is 0 Å². The van der Waals surface area contributed by atoms with Crippen LogP contribution in [-0.4, -0.2) is 17.3 Å². The molecular weight excluding hydrogens is 328 g/mol. The van der Waals surface area contributed by atoms with Crippen LogP contribution in [0.15, 0.2) is 60.8 Å². The third kappa shape index (κ3) is 18.4. The average Bonchev–Trinajstić information content (AvgIpc) is 2.63. The zero-order valence-corrected chi connectivity index (χ0v) is 15.9. The number of carboxylic acids is 1. The molecule has 0 bridgehead atoms. The van der Waals surface area contributed by atoms with Crippen molar-refractivity contribution in [1.29, 1.82) is 0 Å². The van der Waals surface area contributed by atoms with Gasteiger partial charge in [-0.25, -0.2) is 4.89 Å². The maximum Gasteiger partial charge on any atom is 0.111 e. The summed E-state index contributed by atoms with van der Waals surface area (Å²) in [5.74, 6) is -1.01. The molecule has 26 heavy (non-hydrogen) atoms. The van der Waals surface area contributed by atoms with Crippen LogP contribution >= 0.6 is 0 Å². The van der Waals surface area contributed by atoms with Gasteiger partial charge in [0.25, 0.3) is 0 Å². The van der Waals surface area contributed by atoms with Crippen molar-refractivity contribution in [3.63, 3.8) is 0 Å². The number of rotatable bonds is 16. The molecule has 0 spiro atoms. The Balaban J connectivity index is 3.72. The highest BCUT2D eigenvalue weighted by Gasteiger charge is 2.02. The van der Waals surface area contributed by atoms with Crippen LogP contribution in [0.2, 0.25) is 0 Å². The van der Waals surface area contributed by atoms with Crippen molar-refractivity contribution in [1.82, 2.24) is 0 Å². The Hall–Kier alpha value is -1.91. The van der Waals surface area contributed by atoms with Crippen molar-refractivity contribution < 1.29 is 20.0 Å². The lowest BCUT2D eigenvalue weighted by atomic mass is 10.1. The number of hydrogen-bond acceptors (Lipinski definition) is 4. The van der Waals surface area contributed by atoms with Crippen molar-refractivity contribution in [2.24, 2.45) is 0 Å². The van der Waals surface area contributed by atoms with Crippen molar-refractivity contribution in [2.45, 2.75) is 70.8 Å². The van der Waals surface area contributed by atoms with Crippen LogP contribution in [0.4, 0.5) is 0 Å². The third-order valence-corrected chi connectivity index (χ3v) is 3.63. The molecule has 0 fully saturated rings. The molecular formula is C22H33O4-. The van der Waals surface area contributed by atoms with E-state index in [0.29, 0.717) is 6.42 Å². The number of carbonyl (C=O) groups excluding carboxylic acids is 1. The number of hydrogen-bond donors (Lipinski definition) is 1. The quantitative estimate of drug-likeness (QED) is 0.139. The molecule has 1 N–H and O–H groups in total. The lowest BCUT2D eigenvalue weighted by Crippen LogP contribution is -2.21. The van der Waals surface area contributed by atoms with Crippen LogP contribution in [-0.2, 0) is 9.68 Å². The summed E-state index contributed by atoms with van der Waals surface area (Å²) in [5, 5.41) is 19.0. The summed E-state index contributed by atoms with van der Waals surface area (Å²) >= 11 is 0. The fourth-order valence-corrected chi connectivity index (χ4v) is 2.16. The van der Waals surface area contributed by atoms with Gasteiger partial charge in [-0.2, -0.15) is 0 Å². The highest BCUT2D eigenvalue weighted by Crippen LogP contribution is 2.07. The lowest BCUT2D eigenvalue weighted by Gasteiger charge is -2.07. The van der Waals surface area contributed by atoms with Gasteiger partial charge in [-0.3, -0.25) is 5.26 Å². The predicted octanol–water partition coefficient (Wildman–Crippen LogP) is 4.91. The van der Waals surface area contributed by atoms with Gasteiger partial charge in [0.05, 0.1) is 0 Å².